The van der Waals surface area contributed by atoms with Crippen LogP contribution in [0.15, 0.2) is 77.9 Å². The third-order valence-corrected chi connectivity index (χ3v) is 5.35. The van der Waals surface area contributed by atoms with Crippen molar-refractivity contribution in [1.29, 1.82) is 0 Å². The molecule has 0 fully saturated rings. The number of benzene rings is 3. The topological polar surface area (TPSA) is 109 Å². The van der Waals surface area contributed by atoms with Gasteiger partial charge in [0.2, 0.25) is 12.7 Å². The number of hydrogen-bond acceptors (Lipinski definition) is 6. The first-order valence-electron chi connectivity index (χ1n) is 10.7. The van der Waals surface area contributed by atoms with Crippen LogP contribution in [0.2, 0.25) is 0 Å². The zero-order chi connectivity index (χ0) is 23.5. The van der Waals surface area contributed by atoms with E-state index in [0.29, 0.717) is 28.6 Å². The van der Waals surface area contributed by atoms with Gasteiger partial charge in [0.15, 0.2) is 11.5 Å². The molecule has 170 valence electrons. The summed E-state index contributed by atoms with van der Waals surface area (Å²) in [6.45, 7) is 0.138. The van der Waals surface area contributed by atoms with Gasteiger partial charge in [0.05, 0.1) is 16.9 Å². The lowest BCUT2D eigenvalue weighted by Gasteiger charge is -2.23. The van der Waals surface area contributed by atoms with E-state index in [1.807, 2.05) is 6.07 Å². The second-order valence-corrected chi connectivity index (χ2v) is 7.61. The highest BCUT2D eigenvalue weighted by atomic mass is 16.7. The molecular weight excluding hydrogens is 436 g/mol. The van der Waals surface area contributed by atoms with E-state index in [9.17, 15) is 14.4 Å². The Kier molecular flexibility index (Phi) is 5.65. The van der Waals surface area contributed by atoms with Crippen LogP contribution in [-0.4, -0.2) is 30.2 Å². The number of carbonyl (C=O) groups excluding carboxylic acids is 3. The molecule has 0 saturated heterocycles. The second kappa shape index (κ2) is 9.07. The van der Waals surface area contributed by atoms with Gasteiger partial charge in [0, 0.05) is 24.6 Å². The molecule has 34 heavy (non-hydrogen) atoms. The van der Waals surface area contributed by atoms with Gasteiger partial charge < -0.3 is 20.1 Å². The summed E-state index contributed by atoms with van der Waals surface area (Å²) in [5.74, 6) is 0.0959. The lowest BCUT2D eigenvalue weighted by Crippen LogP contribution is -2.36. The molecule has 5 rings (SSSR count). The predicted octanol–water partition coefficient (Wildman–Crippen LogP) is 3.79. The van der Waals surface area contributed by atoms with E-state index in [4.69, 9.17) is 9.47 Å². The van der Waals surface area contributed by atoms with E-state index in [1.54, 1.807) is 66.7 Å². The molecule has 2 N–H and O–H groups in total. The Morgan fingerprint density at radius 2 is 1.59 bits per heavy atom. The molecule has 9 heteroatoms. The Labute approximate surface area is 195 Å². The largest absolute Gasteiger partial charge is 0.454 e. The number of rotatable bonds is 5. The summed E-state index contributed by atoms with van der Waals surface area (Å²) in [5.41, 5.74) is 1.93. The summed E-state index contributed by atoms with van der Waals surface area (Å²) in [6.07, 6.45) is 0.368. The van der Waals surface area contributed by atoms with E-state index in [1.165, 1.54) is 5.01 Å². The summed E-state index contributed by atoms with van der Waals surface area (Å²) >= 11 is 0. The fourth-order valence-electron chi connectivity index (χ4n) is 3.64. The maximum Gasteiger partial charge on any atom is 0.271 e. The van der Waals surface area contributed by atoms with Crippen molar-refractivity contribution in [2.75, 3.05) is 22.4 Å². The van der Waals surface area contributed by atoms with Crippen LogP contribution in [0.25, 0.3) is 0 Å². The maximum atomic E-state index is 13.0. The Balaban J connectivity index is 1.34. The Bertz CT molecular complexity index is 1310. The zero-order valence-corrected chi connectivity index (χ0v) is 18.0. The number of nitrogens with zero attached hydrogens (tertiary/aromatic N) is 2. The maximum absolute atomic E-state index is 13.0. The number of hydrogen-bond donors (Lipinski definition) is 2. The van der Waals surface area contributed by atoms with Crippen molar-refractivity contribution in [2.24, 2.45) is 5.10 Å². The van der Waals surface area contributed by atoms with Crippen molar-refractivity contribution >= 4 is 40.5 Å². The SMILES string of the molecule is O=C(Nc1ccccc1C(=O)Nc1ccc2c(c1)OCO2)C1=NN(c2ccccc2)C(=O)CC1. The normalized spacial score (nSPS) is 14.4. The molecule has 2 aliphatic heterocycles. The third-order valence-electron chi connectivity index (χ3n) is 5.35. The molecule has 0 spiro atoms. The van der Waals surface area contributed by atoms with Gasteiger partial charge in [0.25, 0.3) is 11.8 Å². The van der Waals surface area contributed by atoms with Crippen LogP contribution in [0.3, 0.4) is 0 Å². The summed E-state index contributed by atoms with van der Waals surface area (Å²) < 4.78 is 10.6. The van der Waals surface area contributed by atoms with Crippen LogP contribution in [0.4, 0.5) is 17.1 Å². The predicted molar refractivity (Wildman–Crippen MR) is 126 cm³/mol. The number of ether oxygens (including phenoxy) is 2. The van der Waals surface area contributed by atoms with Crippen LogP contribution in [0.5, 0.6) is 11.5 Å². The highest BCUT2D eigenvalue weighted by Gasteiger charge is 2.26. The van der Waals surface area contributed by atoms with E-state index >= 15 is 0 Å². The molecule has 0 atom stereocenters. The molecule has 3 amide bonds. The first kappa shape index (κ1) is 21.2. The van der Waals surface area contributed by atoms with E-state index in [-0.39, 0.29) is 36.8 Å². The smallest absolute Gasteiger partial charge is 0.271 e. The molecule has 0 unspecified atom stereocenters. The van der Waals surface area contributed by atoms with E-state index in [0.717, 1.165) is 0 Å². The Hall–Kier alpha value is -4.66. The minimum Gasteiger partial charge on any atom is -0.454 e. The molecule has 0 aliphatic carbocycles. The second-order valence-electron chi connectivity index (χ2n) is 7.61. The summed E-state index contributed by atoms with van der Waals surface area (Å²) in [6, 6.07) is 20.7. The molecule has 0 radical (unpaired) electrons. The number of nitrogens with one attached hydrogen (secondary N) is 2. The van der Waals surface area contributed by atoms with Gasteiger partial charge in [-0.2, -0.15) is 5.10 Å². The standard InChI is InChI=1S/C25H20N4O5/c30-23-13-11-20(28-29(23)17-6-2-1-3-7-17)25(32)27-19-9-5-4-8-18(19)24(31)26-16-10-12-21-22(14-16)34-15-33-21/h1-10,12,14H,11,13,15H2,(H,26,31)(H,27,32). The molecular formula is C25H20N4O5. The van der Waals surface area contributed by atoms with Crippen molar-refractivity contribution in [3.63, 3.8) is 0 Å². The highest BCUT2D eigenvalue weighted by Crippen LogP contribution is 2.34. The van der Waals surface area contributed by atoms with E-state index in [2.05, 4.69) is 15.7 Å². The first-order chi connectivity index (χ1) is 16.6. The van der Waals surface area contributed by atoms with Crippen molar-refractivity contribution in [3.8, 4) is 11.5 Å². The van der Waals surface area contributed by atoms with Gasteiger partial charge in [0.1, 0.15) is 5.71 Å². The van der Waals surface area contributed by atoms with Gasteiger partial charge in [-0.05, 0) is 36.4 Å². The molecule has 9 nitrogen and oxygen atoms in total. The summed E-state index contributed by atoms with van der Waals surface area (Å²) in [7, 11) is 0. The minimum absolute atomic E-state index is 0.138. The van der Waals surface area contributed by atoms with Gasteiger partial charge >= 0.3 is 0 Å². The molecule has 0 saturated carbocycles. The van der Waals surface area contributed by atoms with Crippen molar-refractivity contribution in [1.82, 2.24) is 0 Å². The van der Waals surface area contributed by atoms with Gasteiger partial charge in [-0.25, -0.2) is 5.01 Å². The number of fused-ring (bicyclic) bond motifs is 1. The van der Waals surface area contributed by atoms with Gasteiger partial charge in [-0.15, -0.1) is 0 Å². The first-order valence-corrected chi connectivity index (χ1v) is 10.7. The Morgan fingerprint density at radius 3 is 2.44 bits per heavy atom. The van der Waals surface area contributed by atoms with Crippen molar-refractivity contribution in [3.05, 3.63) is 78.4 Å². The molecule has 2 aliphatic rings. The van der Waals surface area contributed by atoms with Crippen molar-refractivity contribution < 1.29 is 23.9 Å². The molecule has 3 aromatic carbocycles. The van der Waals surface area contributed by atoms with E-state index < -0.39 is 11.8 Å². The average molecular weight is 456 g/mol. The number of amides is 3. The number of hydrazone groups is 1. The summed E-state index contributed by atoms with van der Waals surface area (Å²) in [4.78, 5) is 38.3. The fraction of sp³-hybridized carbons (Fsp3) is 0.120. The third kappa shape index (κ3) is 4.31. The quantitative estimate of drug-likeness (QED) is 0.607. The van der Waals surface area contributed by atoms with Crippen LogP contribution >= 0.6 is 0 Å². The van der Waals surface area contributed by atoms with Crippen molar-refractivity contribution in [2.45, 2.75) is 12.8 Å². The molecule has 0 aromatic heterocycles. The monoisotopic (exact) mass is 456 g/mol. The van der Waals surface area contributed by atoms with Crippen LogP contribution < -0.4 is 25.1 Å². The van der Waals surface area contributed by atoms with Gasteiger partial charge in [-0.1, -0.05) is 30.3 Å². The van der Waals surface area contributed by atoms with Gasteiger partial charge in [-0.3, -0.25) is 14.4 Å². The molecule has 3 aromatic rings. The highest BCUT2D eigenvalue weighted by molar-refractivity contribution is 6.44. The summed E-state index contributed by atoms with van der Waals surface area (Å²) in [5, 5.41) is 11.1. The minimum atomic E-state index is -0.475. The van der Waals surface area contributed by atoms with Crippen LogP contribution in [0, 0.1) is 0 Å². The number of anilines is 3. The lowest BCUT2D eigenvalue weighted by atomic mass is 10.1. The average Bonchev–Trinajstić information content (AvgIpc) is 3.33. The number of para-hydroxylation sites is 2. The van der Waals surface area contributed by atoms with Crippen LogP contribution in [-0.2, 0) is 9.59 Å². The molecule has 2 heterocycles. The lowest BCUT2D eigenvalue weighted by molar-refractivity contribution is -0.118. The molecule has 0 bridgehead atoms. The Morgan fingerprint density at radius 1 is 0.824 bits per heavy atom. The van der Waals surface area contributed by atoms with Crippen LogP contribution in [0.1, 0.15) is 23.2 Å². The number of carbonyl (C=O) groups is 3. The zero-order valence-electron chi connectivity index (χ0n) is 18.0. The fourth-order valence-corrected chi connectivity index (χ4v) is 3.64.